The third kappa shape index (κ3) is 3.87. The highest BCUT2D eigenvalue weighted by Crippen LogP contribution is 2.25. The third-order valence-corrected chi connectivity index (χ3v) is 4.16. The van der Waals surface area contributed by atoms with Crippen LogP contribution >= 0.6 is 11.6 Å². The van der Waals surface area contributed by atoms with Crippen molar-refractivity contribution in [1.29, 1.82) is 0 Å². The molecular weight excluding hydrogens is 278 g/mol. The van der Waals surface area contributed by atoms with E-state index in [1.165, 1.54) is 0 Å². The number of hydrogen-bond donors (Lipinski definition) is 2. The fourth-order valence-electron chi connectivity index (χ4n) is 2.55. The van der Waals surface area contributed by atoms with Gasteiger partial charge < -0.3 is 15.2 Å². The normalized spacial score (nSPS) is 21.8. The van der Waals surface area contributed by atoms with Crippen LogP contribution in [0.3, 0.4) is 0 Å². The van der Waals surface area contributed by atoms with Crippen LogP contribution < -0.4 is 10.1 Å². The summed E-state index contributed by atoms with van der Waals surface area (Å²) in [5.41, 5.74) is 0.917. The molecule has 0 aliphatic heterocycles. The summed E-state index contributed by atoms with van der Waals surface area (Å²) in [5.74, 6) is 0.659. The van der Waals surface area contributed by atoms with Gasteiger partial charge in [0, 0.05) is 23.6 Å². The molecule has 0 spiro atoms. The maximum Gasteiger partial charge on any atom is 0.258 e. The molecule has 2 rings (SSSR count). The Bertz CT molecular complexity index is 478. The first-order chi connectivity index (χ1) is 9.60. The predicted octanol–water partition coefficient (Wildman–Crippen LogP) is 2.30. The minimum absolute atomic E-state index is 0.0181. The van der Waals surface area contributed by atoms with Gasteiger partial charge in [-0.1, -0.05) is 18.0 Å². The SMILES string of the molecule is Cc1cc(OCC(=O)NC2CCCC2CO)ccc1Cl. The van der Waals surface area contributed by atoms with Gasteiger partial charge in [0.15, 0.2) is 6.61 Å². The molecule has 1 aromatic rings. The lowest BCUT2D eigenvalue weighted by Crippen LogP contribution is -2.40. The van der Waals surface area contributed by atoms with Crippen molar-refractivity contribution in [3.8, 4) is 5.75 Å². The molecule has 20 heavy (non-hydrogen) atoms. The minimum atomic E-state index is -0.150. The molecule has 1 amide bonds. The number of hydrogen-bond acceptors (Lipinski definition) is 3. The number of halogens is 1. The molecule has 1 aliphatic carbocycles. The van der Waals surface area contributed by atoms with Crippen LogP contribution in [0.1, 0.15) is 24.8 Å². The van der Waals surface area contributed by atoms with Gasteiger partial charge in [-0.25, -0.2) is 0 Å². The number of ether oxygens (including phenoxy) is 1. The summed E-state index contributed by atoms with van der Waals surface area (Å²) < 4.78 is 5.45. The van der Waals surface area contributed by atoms with Gasteiger partial charge in [0.05, 0.1) is 0 Å². The van der Waals surface area contributed by atoms with Crippen molar-refractivity contribution in [3.05, 3.63) is 28.8 Å². The first-order valence-corrected chi connectivity index (χ1v) is 7.27. The molecule has 2 N–H and O–H groups in total. The Morgan fingerprint density at radius 3 is 3.00 bits per heavy atom. The van der Waals surface area contributed by atoms with Crippen molar-refractivity contribution in [1.82, 2.24) is 5.32 Å². The number of benzene rings is 1. The Morgan fingerprint density at radius 2 is 2.30 bits per heavy atom. The minimum Gasteiger partial charge on any atom is -0.484 e. The largest absolute Gasteiger partial charge is 0.484 e. The number of aliphatic hydroxyl groups excluding tert-OH is 1. The Morgan fingerprint density at radius 1 is 1.50 bits per heavy atom. The van der Waals surface area contributed by atoms with E-state index in [4.69, 9.17) is 16.3 Å². The van der Waals surface area contributed by atoms with E-state index in [2.05, 4.69) is 5.32 Å². The molecular formula is C15H20ClNO3. The van der Waals surface area contributed by atoms with E-state index >= 15 is 0 Å². The van der Waals surface area contributed by atoms with Crippen molar-refractivity contribution in [2.75, 3.05) is 13.2 Å². The second kappa shape index (κ2) is 6.95. The molecule has 0 saturated heterocycles. The first kappa shape index (κ1) is 15.1. The highest BCUT2D eigenvalue weighted by atomic mass is 35.5. The molecule has 2 atom stereocenters. The maximum atomic E-state index is 11.8. The van der Waals surface area contributed by atoms with Gasteiger partial charge in [-0.2, -0.15) is 0 Å². The van der Waals surface area contributed by atoms with Gasteiger partial charge in [0.1, 0.15) is 5.75 Å². The second-order valence-corrected chi connectivity index (χ2v) is 5.65. The summed E-state index contributed by atoms with van der Waals surface area (Å²) in [6, 6.07) is 5.38. The number of amides is 1. The van der Waals surface area contributed by atoms with Crippen LogP contribution in [-0.4, -0.2) is 30.3 Å². The van der Waals surface area contributed by atoms with Gasteiger partial charge in [0.25, 0.3) is 5.91 Å². The van der Waals surface area contributed by atoms with Crippen LogP contribution in [0.2, 0.25) is 5.02 Å². The van der Waals surface area contributed by atoms with E-state index in [1.54, 1.807) is 12.1 Å². The smallest absolute Gasteiger partial charge is 0.258 e. The Kier molecular flexibility index (Phi) is 5.26. The molecule has 0 heterocycles. The van der Waals surface area contributed by atoms with E-state index in [1.807, 2.05) is 13.0 Å². The van der Waals surface area contributed by atoms with Crippen molar-refractivity contribution in [2.24, 2.45) is 5.92 Å². The predicted molar refractivity (Wildman–Crippen MR) is 78.0 cm³/mol. The van der Waals surface area contributed by atoms with Crippen molar-refractivity contribution in [2.45, 2.75) is 32.2 Å². The average Bonchev–Trinajstić information content (AvgIpc) is 2.87. The Labute approximate surface area is 124 Å². The molecule has 1 fully saturated rings. The van der Waals surface area contributed by atoms with Crippen LogP contribution in [0.25, 0.3) is 0 Å². The van der Waals surface area contributed by atoms with E-state index in [0.29, 0.717) is 10.8 Å². The molecule has 110 valence electrons. The van der Waals surface area contributed by atoms with Crippen LogP contribution in [0.4, 0.5) is 0 Å². The second-order valence-electron chi connectivity index (χ2n) is 5.25. The molecule has 5 heteroatoms. The summed E-state index contributed by atoms with van der Waals surface area (Å²) in [6.07, 6.45) is 2.95. The standard InChI is InChI=1S/C15H20ClNO3/c1-10-7-12(5-6-13(10)16)20-9-15(19)17-14-4-2-3-11(14)8-18/h5-7,11,14,18H,2-4,8-9H2,1H3,(H,17,19). The molecule has 1 aromatic carbocycles. The lowest BCUT2D eigenvalue weighted by molar-refractivity contribution is -0.124. The van der Waals surface area contributed by atoms with Crippen molar-refractivity contribution < 1.29 is 14.6 Å². The lowest BCUT2D eigenvalue weighted by atomic mass is 10.1. The average molecular weight is 298 g/mol. The highest BCUT2D eigenvalue weighted by Gasteiger charge is 2.27. The van der Waals surface area contributed by atoms with Gasteiger partial charge in [-0.15, -0.1) is 0 Å². The van der Waals surface area contributed by atoms with Gasteiger partial charge >= 0.3 is 0 Å². The van der Waals surface area contributed by atoms with Gasteiger partial charge in [0.2, 0.25) is 0 Å². The zero-order chi connectivity index (χ0) is 14.5. The topological polar surface area (TPSA) is 58.6 Å². The molecule has 4 nitrogen and oxygen atoms in total. The number of nitrogens with one attached hydrogen (secondary N) is 1. The van der Waals surface area contributed by atoms with Crippen LogP contribution in [-0.2, 0) is 4.79 Å². The fourth-order valence-corrected chi connectivity index (χ4v) is 2.67. The van der Waals surface area contributed by atoms with Crippen molar-refractivity contribution >= 4 is 17.5 Å². The molecule has 2 unspecified atom stereocenters. The number of aryl methyl sites for hydroxylation is 1. The number of carbonyl (C=O) groups excluding carboxylic acids is 1. The summed E-state index contributed by atoms with van der Waals surface area (Å²) >= 11 is 5.93. The number of aliphatic hydroxyl groups is 1. The molecule has 1 aliphatic rings. The maximum absolute atomic E-state index is 11.8. The third-order valence-electron chi connectivity index (χ3n) is 3.74. The molecule has 1 saturated carbocycles. The summed E-state index contributed by atoms with van der Waals surface area (Å²) in [5, 5.41) is 12.8. The van der Waals surface area contributed by atoms with E-state index in [-0.39, 0.29) is 31.1 Å². The fraction of sp³-hybridized carbons (Fsp3) is 0.533. The molecule has 0 radical (unpaired) electrons. The zero-order valence-corrected chi connectivity index (χ0v) is 12.3. The highest BCUT2D eigenvalue weighted by molar-refractivity contribution is 6.31. The molecule has 0 aromatic heterocycles. The van der Waals surface area contributed by atoms with Crippen LogP contribution in [0.15, 0.2) is 18.2 Å². The summed E-state index contributed by atoms with van der Waals surface area (Å²) in [4.78, 5) is 11.8. The van der Waals surface area contributed by atoms with Crippen LogP contribution in [0.5, 0.6) is 5.75 Å². The van der Waals surface area contributed by atoms with Crippen LogP contribution in [0, 0.1) is 12.8 Å². The van der Waals surface area contributed by atoms with Gasteiger partial charge in [-0.3, -0.25) is 4.79 Å². The first-order valence-electron chi connectivity index (χ1n) is 6.89. The quantitative estimate of drug-likeness (QED) is 0.877. The number of carbonyl (C=O) groups is 1. The number of rotatable bonds is 5. The monoisotopic (exact) mass is 297 g/mol. The molecule has 0 bridgehead atoms. The zero-order valence-electron chi connectivity index (χ0n) is 11.6. The lowest BCUT2D eigenvalue weighted by Gasteiger charge is -2.19. The van der Waals surface area contributed by atoms with E-state index in [9.17, 15) is 9.90 Å². The van der Waals surface area contributed by atoms with Crippen molar-refractivity contribution in [3.63, 3.8) is 0 Å². The van der Waals surface area contributed by atoms with E-state index in [0.717, 1.165) is 24.8 Å². The summed E-state index contributed by atoms with van der Waals surface area (Å²) in [6.45, 7) is 2.00. The summed E-state index contributed by atoms with van der Waals surface area (Å²) in [7, 11) is 0. The Balaban J connectivity index is 1.81. The van der Waals surface area contributed by atoms with E-state index < -0.39 is 0 Å². The van der Waals surface area contributed by atoms with Gasteiger partial charge in [-0.05, 0) is 43.5 Å². The Hall–Kier alpha value is -1.26.